The molecule has 1 aliphatic heterocycles. The lowest BCUT2D eigenvalue weighted by Gasteiger charge is -2.16. The number of aryl methyl sites for hydroxylation is 1. The fourth-order valence-corrected chi connectivity index (χ4v) is 6.00. The number of thiazole rings is 1. The number of hydrogen-bond donors (Lipinski definition) is 1. The number of aromatic nitrogens is 1. The van der Waals surface area contributed by atoms with Gasteiger partial charge in [-0.2, -0.15) is 0 Å². The van der Waals surface area contributed by atoms with Crippen LogP contribution in [0.1, 0.15) is 46.7 Å². The summed E-state index contributed by atoms with van der Waals surface area (Å²) in [6, 6.07) is 0. The van der Waals surface area contributed by atoms with Crippen LogP contribution in [0.15, 0.2) is 0 Å². The number of hydrogen-bond acceptors (Lipinski definition) is 5. The second-order valence-corrected chi connectivity index (χ2v) is 8.59. The number of aliphatic carboxylic acids is 1. The van der Waals surface area contributed by atoms with Crippen LogP contribution < -0.4 is 0 Å². The highest BCUT2D eigenvalue weighted by atomic mass is 32.2. The van der Waals surface area contributed by atoms with E-state index in [-0.39, 0.29) is 17.4 Å². The molecule has 2 unspecified atom stereocenters. The topological polar surface area (TPSA) is 84.3 Å². The van der Waals surface area contributed by atoms with Crippen LogP contribution in [-0.2, 0) is 21.1 Å². The van der Waals surface area contributed by atoms with Crippen LogP contribution in [0.25, 0.3) is 0 Å². The third-order valence-corrected chi connectivity index (χ3v) is 6.91. The molecule has 0 bridgehead atoms. The summed E-state index contributed by atoms with van der Waals surface area (Å²) in [7, 11) is -2.92. The Labute approximate surface area is 115 Å². The van der Waals surface area contributed by atoms with E-state index in [1.165, 1.54) is 11.3 Å². The highest BCUT2D eigenvalue weighted by molar-refractivity contribution is 7.91. The lowest BCUT2D eigenvalue weighted by atomic mass is 9.91. The predicted octanol–water partition coefficient (Wildman–Crippen LogP) is 1.55. The highest BCUT2D eigenvalue weighted by Gasteiger charge is 2.35. The van der Waals surface area contributed by atoms with Gasteiger partial charge >= 0.3 is 5.97 Å². The Morgan fingerprint density at radius 2 is 2.16 bits per heavy atom. The molecule has 3 rings (SSSR count). The zero-order chi connectivity index (χ0) is 13.6. The van der Waals surface area contributed by atoms with Crippen molar-refractivity contribution in [1.29, 1.82) is 0 Å². The molecule has 2 aliphatic rings. The molecule has 1 fully saturated rings. The van der Waals surface area contributed by atoms with Gasteiger partial charge in [0.15, 0.2) is 9.84 Å². The first-order valence-electron chi connectivity index (χ1n) is 6.39. The van der Waals surface area contributed by atoms with Crippen LogP contribution in [0, 0.1) is 0 Å². The van der Waals surface area contributed by atoms with Gasteiger partial charge in [-0.25, -0.2) is 13.4 Å². The van der Waals surface area contributed by atoms with Crippen molar-refractivity contribution in [3.8, 4) is 0 Å². The lowest BCUT2D eigenvalue weighted by Crippen LogP contribution is -2.17. The molecule has 2 heterocycles. The zero-order valence-electron chi connectivity index (χ0n) is 10.3. The molecular weight excluding hydrogens is 286 g/mol. The zero-order valence-corrected chi connectivity index (χ0v) is 12.0. The monoisotopic (exact) mass is 301 g/mol. The minimum Gasteiger partial charge on any atom is -0.481 e. The minimum absolute atomic E-state index is 0.0324. The van der Waals surface area contributed by atoms with Gasteiger partial charge < -0.3 is 5.11 Å². The molecule has 1 aliphatic carbocycles. The van der Waals surface area contributed by atoms with Gasteiger partial charge in [-0.05, 0) is 25.7 Å². The lowest BCUT2D eigenvalue weighted by molar-refractivity contribution is -0.139. The maximum absolute atomic E-state index is 11.5. The Bertz CT molecular complexity index is 620. The van der Waals surface area contributed by atoms with E-state index >= 15 is 0 Å². The highest BCUT2D eigenvalue weighted by Crippen LogP contribution is 2.39. The maximum Gasteiger partial charge on any atom is 0.312 e. The Morgan fingerprint density at radius 1 is 1.37 bits per heavy atom. The molecule has 2 atom stereocenters. The van der Waals surface area contributed by atoms with Gasteiger partial charge in [0, 0.05) is 10.8 Å². The summed E-state index contributed by atoms with van der Waals surface area (Å²) in [5.41, 5.74) is 0.683. The quantitative estimate of drug-likeness (QED) is 0.896. The van der Waals surface area contributed by atoms with Crippen molar-refractivity contribution in [3.63, 3.8) is 0 Å². The summed E-state index contributed by atoms with van der Waals surface area (Å²) in [5.74, 6) is -0.972. The van der Waals surface area contributed by atoms with Gasteiger partial charge in [0.2, 0.25) is 0 Å². The first-order chi connectivity index (χ1) is 8.96. The molecule has 1 N–H and O–H groups in total. The minimum atomic E-state index is -2.92. The van der Waals surface area contributed by atoms with Crippen molar-refractivity contribution >= 4 is 27.1 Å². The molecule has 7 heteroatoms. The molecule has 0 amide bonds. The van der Waals surface area contributed by atoms with E-state index in [1.807, 2.05) is 0 Å². The van der Waals surface area contributed by atoms with Crippen molar-refractivity contribution in [2.24, 2.45) is 0 Å². The van der Waals surface area contributed by atoms with Crippen molar-refractivity contribution in [2.75, 3.05) is 11.5 Å². The summed E-state index contributed by atoms with van der Waals surface area (Å²) in [4.78, 5) is 16.7. The predicted molar refractivity (Wildman–Crippen MR) is 71.4 cm³/mol. The normalized spacial score (nSPS) is 29.1. The number of sulfone groups is 1. The van der Waals surface area contributed by atoms with E-state index in [2.05, 4.69) is 4.98 Å². The van der Waals surface area contributed by atoms with Gasteiger partial charge in [0.1, 0.15) is 0 Å². The van der Waals surface area contributed by atoms with Crippen LogP contribution in [0.4, 0.5) is 0 Å². The number of carboxylic acid groups (broad SMARTS) is 1. The average molecular weight is 301 g/mol. The second kappa shape index (κ2) is 4.56. The van der Waals surface area contributed by atoms with E-state index in [0.717, 1.165) is 22.7 Å². The van der Waals surface area contributed by atoms with E-state index in [4.69, 9.17) is 0 Å². The van der Waals surface area contributed by atoms with Crippen LogP contribution in [0.3, 0.4) is 0 Å². The molecule has 1 aromatic rings. The number of fused-ring (bicyclic) bond motifs is 1. The number of rotatable bonds is 2. The molecule has 104 valence electrons. The van der Waals surface area contributed by atoms with Gasteiger partial charge in [-0.15, -0.1) is 11.3 Å². The van der Waals surface area contributed by atoms with Gasteiger partial charge in [0.05, 0.1) is 28.1 Å². The second-order valence-electron chi connectivity index (χ2n) is 5.24. The summed E-state index contributed by atoms with van der Waals surface area (Å²) < 4.78 is 23.0. The van der Waals surface area contributed by atoms with Crippen LogP contribution in [0.2, 0.25) is 0 Å². The average Bonchev–Trinajstić information content (AvgIpc) is 2.90. The van der Waals surface area contributed by atoms with E-state index < -0.39 is 21.7 Å². The molecule has 5 nitrogen and oxygen atoms in total. The molecule has 0 spiro atoms. The third kappa shape index (κ3) is 2.41. The molecule has 0 saturated carbocycles. The Kier molecular flexibility index (Phi) is 3.13. The Hall–Kier alpha value is -0.950. The Morgan fingerprint density at radius 3 is 2.79 bits per heavy atom. The number of carbonyl (C=O) groups is 1. The SMILES string of the molecule is O=C(O)C1CCCc2sc(C3CCS(=O)(=O)C3)nc21. The molecule has 1 saturated heterocycles. The summed E-state index contributed by atoms with van der Waals surface area (Å²) in [6.45, 7) is 0. The van der Waals surface area contributed by atoms with Crippen molar-refractivity contribution in [3.05, 3.63) is 15.6 Å². The largest absolute Gasteiger partial charge is 0.481 e. The maximum atomic E-state index is 11.5. The van der Waals surface area contributed by atoms with Crippen LogP contribution >= 0.6 is 11.3 Å². The molecule has 0 radical (unpaired) electrons. The van der Waals surface area contributed by atoms with Gasteiger partial charge in [-0.1, -0.05) is 0 Å². The smallest absolute Gasteiger partial charge is 0.312 e. The molecule has 19 heavy (non-hydrogen) atoms. The third-order valence-electron chi connectivity index (χ3n) is 3.85. The van der Waals surface area contributed by atoms with Crippen LogP contribution in [-0.4, -0.2) is 36.0 Å². The molecule has 1 aromatic heterocycles. The fraction of sp³-hybridized carbons (Fsp3) is 0.667. The fourth-order valence-electron chi connectivity index (χ4n) is 2.84. The van der Waals surface area contributed by atoms with Gasteiger partial charge in [0.25, 0.3) is 0 Å². The summed E-state index contributed by atoms with van der Waals surface area (Å²) >= 11 is 1.52. The number of carboxylic acids is 1. The van der Waals surface area contributed by atoms with Crippen molar-refractivity contribution < 1.29 is 18.3 Å². The standard InChI is InChI=1S/C12H15NO4S2/c14-12(15)8-2-1-3-9-10(8)13-11(18-9)7-4-5-19(16,17)6-7/h7-8H,1-6H2,(H,14,15). The van der Waals surface area contributed by atoms with Crippen molar-refractivity contribution in [2.45, 2.75) is 37.5 Å². The number of nitrogens with zero attached hydrogens (tertiary/aromatic N) is 1. The first-order valence-corrected chi connectivity index (χ1v) is 9.03. The van der Waals surface area contributed by atoms with Gasteiger partial charge in [-0.3, -0.25) is 4.79 Å². The van der Waals surface area contributed by atoms with Crippen molar-refractivity contribution in [1.82, 2.24) is 4.98 Å². The molecular formula is C12H15NO4S2. The van der Waals surface area contributed by atoms with E-state index in [1.54, 1.807) is 0 Å². The van der Waals surface area contributed by atoms with E-state index in [0.29, 0.717) is 18.5 Å². The molecule has 0 aromatic carbocycles. The van der Waals surface area contributed by atoms with E-state index in [9.17, 15) is 18.3 Å². The summed E-state index contributed by atoms with van der Waals surface area (Å²) in [6.07, 6.45) is 2.99. The Balaban J connectivity index is 1.92. The summed E-state index contributed by atoms with van der Waals surface area (Å²) in [5, 5.41) is 10.0. The first kappa shape index (κ1) is 13.1. The van der Waals surface area contributed by atoms with Crippen LogP contribution in [0.5, 0.6) is 0 Å².